The number of allylic oxidation sites excluding steroid dienone is 1. The second-order valence-corrected chi connectivity index (χ2v) is 8.01. The van der Waals surface area contributed by atoms with E-state index in [0.29, 0.717) is 15.0 Å². The maximum absolute atomic E-state index is 2.27. The summed E-state index contributed by atoms with van der Waals surface area (Å²) in [5.74, 6) is 1.96. The second kappa shape index (κ2) is 6.67. The molecular formula is C18H18SSe. The summed E-state index contributed by atoms with van der Waals surface area (Å²) in [6.07, 6.45) is 2.22. The van der Waals surface area contributed by atoms with E-state index >= 15 is 0 Å². The Bertz CT molecular complexity index is 589. The Balaban J connectivity index is 2.08. The molecule has 1 unspecified atom stereocenters. The predicted octanol–water partition coefficient (Wildman–Crippen LogP) is 4.67. The monoisotopic (exact) mass is 346 g/mol. The second-order valence-electron chi connectivity index (χ2n) is 4.94. The molecule has 1 atom stereocenters. The average Bonchev–Trinajstić information content (AvgIpc) is 2.93. The standard InChI is InChI=1S/C18H18SSe/c1-19-12-16-13-20-18(15-10-6-3-7-11-15)17(16)14-8-4-2-5-9-14/h2-11,16H,12-13H2,1H3. The van der Waals surface area contributed by atoms with Crippen LogP contribution in [0.25, 0.3) is 10.0 Å². The Kier molecular flexibility index (Phi) is 4.67. The van der Waals surface area contributed by atoms with Crippen LogP contribution in [-0.2, 0) is 0 Å². The number of hydrogen-bond donors (Lipinski definition) is 0. The first-order chi connectivity index (χ1) is 9.90. The third-order valence-electron chi connectivity index (χ3n) is 3.57. The van der Waals surface area contributed by atoms with E-state index < -0.39 is 0 Å². The molecule has 2 aromatic carbocycles. The molecule has 2 aromatic rings. The number of hydrogen-bond acceptors (Lipinski definition) is 1. The van der Waals surface area contributed by atoms with Gasteiger partial charge in [-0.1, -0.05) is 0 Å². The molecule has 0 bridgehead atoms. The van der Waals surface area contributed by atoms with Gasteiger partial charge < -0.3 is 0 Å². The fraction of sp³-hybridized carbons (Fsp3) is 0.222. The summed E-state index contributed by atoms with van der Waals surface area (Å²) in [4.78, 5) is 0. The van der Waals surface area contributed by atoms with E-state index in [1.54, 1.807) is 10.0 Å². The van der Waals surface area contributed by atoms with Crippen LogP contribution in [0.4, 0.5) is 0 Å². The van der Waals surface area contributed by atoms with Gasteiger partial charge in [-0.25, -0.2) is 0 Å². The van der Waals surface area contributed by atoms with Gasteiger partial charge in [0.15, 0.2) is 0 Å². The van der Waals surface area contributed by atoms with Gasteiger partial charge in [-0.15, -0.1) is 0 Å². The van der Waals surface area contributed by atoms with Crippen LogP contribution < -0.4 is 0 Å². The molecule has 0 aliphatic carbocycles. The Morgan fingerprint density at radius 1 is 0.950 bits per heavy atom. The third-order valence-corrected chi connectivity index (χ3v) is 7.06. The molecule has 0 saturated carbocycles. The van der Waals surface area contributed by atoms with Crippen LogP contribution >= 0.6 is 11.8 Å². The fourth-order valence-corrected chi connectivity index (χ4v) is 6.63. The van der Waals surface area contributed by atoms with E-state index in [1.165, 1.54) is 22.2 Å². The van der Waals surface area contributed by atoms with Gasteiger partial charge in [-0.05, 0) is 0 Å². The topological polar surface area (TPSA) is 0 Å². The molecule has 0 aromatic heterocycles. The zero-order chi connectivity index (χ0) is 13.8. The molecule has 1 aliphatic heterocycles. The van der Waals surface area contributed by atoms with Crippen molar-refractivity contribution in [1.82, 2.24) is 0 Å². The van der Waals surface area contributed by atoms with Crippen molar-refractivity contribution in [3.63, 3.8) is 0 Å². The van der Waals surface area contributed by atoms with Crippen molar-refractivity contribution >= 4 is 36.8 Å². The van der Waals surface area contributed by atoms with Gasteiger partial charge in [-0.3, -0.25) is 0 Å². The molecule has 0 amide bonds. The van der Waals surface area contributed by atoms with Gasteiger partial charge in [-0.2, -0.15) is 0 Å². The Morgan fingerprint density at radius 3 is 2.15 bits per heavy atom. The van der Waals surface area contributed by atoms with Gasteiger partial charge in [0.05, 0.1) is 0 Å². The Morgan fingerprint density at radius 2 is 1.55 bits per heavy atom. The van der Waals surface area contributed by atoms with E-state index in [1.807, 2.05) is 11.8 Å². The zero-order valence-electron chi connectivity index (χ0n) is 11.6. The van der Waals surface area contributed by atoms with E-state index in [-0.39, 0.29) is 0 Å². The number of rotatable bonds is 4. The molecule has 0 radical (unpaired) electrons. The zero-order valence-corrected chi connectivity index (χ0v) is 14.1. The molecule has 0 N–H and O–H groups in total. The van der Waals surface area contributed by atoms with E-state index in [4.69, 9.17) is 0 Å². The third kappa shape index (κ3) is 2.88. The maximum atomic E-state index is 2.27. The van der Waals surface area contributed by atoms with Crippen LogP contribution in [0, 0.1) is 5.92 Å². The van der Waals surface area contributed by atoms with Crippen LogP contribution in [0.3, 0.4) is 0 Å². The molecule has 1 heterocycles. The quantitative estimate of drug-likeness (QED) is 0.726. The number of thioether (sulfide) groups is 1. The summed E-state index contributed by atoms with van der Waals surface area (Å²) < 4.78 is 1.61. The molecule has 3 rings (SSSR count). The first-order valence-corrected chi connectivity index (χ1v) is 10.3. The van der Waals surface area contributed by atoms with Crippen molar-refractivity contribution in [2.45, 2.75) is 5.32 Å². The minimum absolute atomic E-state index is 0.604. The van der Waals surface area contributed by atoms with Crippen LogP contribution in [0.1, 0.15) is 11.1 Å². The van der Waals surface area contributed by atoms with Gasteiger partial charge in [0.1, 0.15) is 0 Å². The Hall–Kier alpha value is -0.951. The molecule has 1 aliphatic rings. The molecule has 20 heavy (non-hydrogen) atoms. The summed E-state index contributed by atoms with van der Waals surface area (Å²) in [7, 11) is 0. The number of benzene rings is 2. The molecule has 0 spiro atoms. The van der Waals surface area contributed by atoms with Crippen LogP contribution in [0.2, 0.25) is 5.32 Å². The first-order valence-electron chi connectivity index (χ1n) is 6.87. The molecule has 0 nitrogen and oxygen atoms in total. The summed E-state index contributed by atoms with van der Waals surface area (Å²) in [6.45, 7) is 0. The van der Waals surface area contributed by atoms with Crippen molar-refractivity contribution in [3.8, 4) is 0 Å². The SMILES string of the molecule is CSCC1C[Se]C(c2ccccc2)=C1c1ccccc1. The van der Waals surface area contributed by atoms with Crippen molar-refractivity contribution in [2.75, 3.05) is 12.0 Å². The summed E-state index contributed by atoms with van der Waals surface area (Å²) in [5, 5.41) is 1.35. The van der Waals surface area contributed by atoms with Crippen molar-refractivity contribution in [2.24, 2.45) is 5.92 Å². The normalized spacial score (nSPS) is 18.6. The van der Waals surface area contributed by atoms with Gasteiger partial charge >= 0.3 is 132 Å². The molecular weight excluding hydrogens is 327 g/mol. The van der Waals surface area contributed by atoms with Crippen molar-refractivity contribution in [3.05, 3.63) is 71.8 Å². The summed E-state index contributed by atoms with van der Waals surface area (Å²) in [6, 6.07) is 21.9. The van der Waals surface area contributed by atoms with Crippen molar-refractivity contribution < 1.29 is 0 Å². The summed E-state index contributed by atoms with van der Waals surface area (Å²) >= 11 is 2.57. The van der Waals surface area contributed by atoms with Gasteiger partial charge in [0.25, 0.3) is 0 Å². The van der Waals surface area contributed by atoms with Crippen molar-refractivity contribution in [1.29, 1.82) is 0 Å². The van der Waals surface area contributed by atoms with Crippen LogP contribution in [0.5, 0.6) is 0 Å². The van der Waals surface area contributed by atoms with Crippen LogP contribution in [-0.4, -0.2) is 27.0 Å². The molecule has 0 saturated heterocycles. The molecule has 2 heteroatoms. The average molecular weight is 345 g/mol. The minimum atomic E-state index is 0.604. The van der Waals surface area contributed by atoms with Gasteiger partial charge in [0.2, 0.25) is 0 Å². The Labute approximate surface area is 131 Å². The molecule has 0 fully saturated rings. The van der Waals surface area contributed by atoms with E-state index in [2.05, 4.69) is 66.9 Å². The van der Waals surface area contributed by atoms with Gasteiger partial charge in [0, 0.05) is 0 Å². The molecule has 102 valence electrons. The van der Waals surface area contributed by atoms with E-state index in [9.17, 15) is 0 Å². The predicted molar refractivity (Wildman–Crippen MR) is 92.1 cm³/mol. The first kappa shape index (κ1) is 14.0. The fourth-order valence-electron chi connectivity index (χ4n) is 2.68. The van der Waals surface area contributed by atoms with Crippen LogP contribution in [0.15, 0.2) is 60.7 Å². The summed E-state index contributed by atoms with van der Waals surface area (Å²) in [5.41, 5.74) is 4.45. The van der Waals surface area contributed by atoms with E-state index in [0.717, 1.165) is 5.92 Å².